The Balaban J connectivity index is 1.81. The van der Waals surface area contributed by atoms with Crippen molar-refractivity contribution < 1.29 is 14.4 Å². The SMILES string of the molecule is Cc1cccc(C(=O)N2CCCN(CC(=O)NC(=O)NCC(C)C)CC2)c1. The molecule has 2 N–H and O–H groups in total. The van der Waals surface area contributed by atoms with E-state index in [1.807, 2.05) is 54.8 Å². The van der Waals surface area contributed by atoms with Crippen molar-refractivity contribution in [2.24, 2.45) is 5.92 Å². The van der Waals surface area contributed by atoms with Crippen LogP contribution in [0.3, 0.4) is 0 Å². The zero-order valence-electron chi connectivity index (χ0n) is 16.5. The topological polar surface area (TPSA) is 81.8 Å². The van der Waals surface area contributed by atoms with Crippen LogP contribution in [-0.2, 0) is 4.79 Å². The van der Waals surface area contributed by atoms with Gasteiger partial charge in [-0.3, -0.25) is 19.8 Å². The van der Waals surface area contributed by atoms with Crippen LogP contribution in [0.4, 0.5) is 4.79 Å². The Kier molecular flexibility index (Phi) is 7.79. The first kappa shape index (κ1) is 20.9. The van der Waals surface area contributed by atoms with E-state index in [0.29, 0.717) is 37.7 Å². The number of hydrogen-bond acceptors (Lipinski definition) is 4. The summed E-state index contributed by atoms with van der Waals surface area (Å²) in [5, 5.41) is 5.02. The molecule has 7 nitrogen and oxygen atoms in total. The van der Waals surface area contributed by atoms with Crippen LogP contribution in [0.15, 0.2) is 24.3 Å². The van der Waals surface area contributed by atoms with E-state index in [-0.39, 0.29) is 18.4 Å². The molecule has 0 aromatic heterocycles. The van der Waals surface area contributed by atoms with Crippen molar-refractivity contribution in [3.63, 3.8) is 0 Å². The molecule has 0 unspecified atom stereocenters. The highest BCUT2D eigenvalue weighted by Crippen LogP contribution is 2.11. The molecule has 1 fully saturated rings. The summed E-state index contributed by atoms with van der Waals surface area (Å²) in [7, 11) is 0. The van der Waals surface area contributed by atoms with Crippen LogP contribution in [0, 0.1) is 12.8 Å². The molecule has 27 heavy (non-hydrogen) atoms. The second kappa shape index (κ2) is 10.1. The lowest BCUT2D eigenvalue weighted by molar-refractivity contribution is -0.121. The molecule has 7 heteroatoms. The minimum absolute atomic E-state index is 0.0260. The summed E-state index contributed by atoms with van der Waals surface area (Å²) in [5.41, 5.74) is 1.76. The number of carbonyl (C=O) groups excluding carboxylic acids is 3. The van der Waals surface area contributed by atoms with E-state index < -0.39 is 6.03 Å². The smallest absolute Gasteiger partial charge is 0.321 e. The van der Waals surface area contributed by atoms with Crippen LogP contribution in [-0.4, -0.2) is 66.9 Å². The Morgan fingerprint density at radius 3 is 2.59 bits per heavy atom. The minimum Gasteiger partial charge on any atom is -0.338 e. The summed E-state index contributed by atoms with van der Waals surface area (Å²) in [6, 6.07) is 7.13. The van der Waals surface area contributed by atoms with Crippen molar-refractivity contribution in [1.29, 1.82) is 0 Å². The van der Waals surface area contributed by atoms with Gasteiger partial charge in [0, 0.05) is 38.3 Å². The van der Waals surface area contributed by atoms with E-state index in [9.17, 15) is 14.4 Å². The van der Waals surface area contributed by atoms with E-state index in [1.54, 1.807) is 0 Å². The molecule has 0 atom stereocenters. The van der Waals surface area contributed by atoms with Crippen molar-refractivity contribution in [1.82, 2.24) is 20.4 Å². The summed E-state index contributed by atoms with van der Waals surface area (Å²) in [5.74, 6) is 0.0289. The number of hydrogen-bond donors (Lipinski definition) is 2. The molecule has 1 aromatic carbocycles. The molecule has 148 valence electrons. The van der Waals surface area contributed by atoms with Crippen LogP contribution in [0.5, 0.6) is 0 Å². The first-order valence-corrected chi connectivity index (χ1v) is 9.51. The monoisotopic (exact) mass is 374 g/mol. The van der Waals surface area contributed by atoms with E-state index in [0.717, 1.165) is 18.5 Å². The summed E-state index contributed by atoms with van der Waals surface area (Å²) in [4.78, 5) is 40.2. The minimum atomic E-state index is -0.459. The molecule has 0 radical (unpaired) electrons. The Hall–Kier alpha value is -2.41. The number of aryl methyl sites for hydroxylation is 1. The number of nitrogens with one attached hydrogen (secondary N) is 2. The molecule has 1 heterocycles. The molecule has 0 spiro atoms. The van der Waals surface area contributed by atoms with Gasteiger partial charge in [-0.2, -0.15) is 0 Å². The normalized spacial score (nSPS) is 15.3. The lowest BCUT2D eigenvalue weighted by Gasteiger charge is -2.22. The van der Waals surface area contributed by atoms with Gasteiger partial charge in [-0.05, 0) is 31.4 Å². The number of imide groups is 1. The molecule has 4 amide bonds. The van der Waals surface area contributed by atoms with E-state index in [4.69, 9.17) is 0 Å². The summed E-state index contributed by atoms with van der Waals surface area (Å²) < 4.78 is 0. The Labute approximate surface area is 161 Å². The molecular weight excluding hydrogens is 344 g/mol. The van der Waals surface area contributed by atoms with E-state index >= 15 is 0 Å². The Morgan fingerprint density at radius 2 is 1.89 bits per heavy atom. The third-order valence-corrected chi connectivity index (χ3v) is 4.43. The fraction of sp³-hybridized carbons (Fsp3) is 0.550. The predicted octanol–water partition coefficient (Wildman–Crippen LogP) is 1.62. The first-order chi connectivity index (χ1) is 12.8. The van der Waals surface area contributed by atoms with Crippen LogP contribution in [0.25, 0.3) is 0 Å². The number of benzene rings is 1. The largest absolute Gasteiger partial charge is 0.338 e. The second-order valence-corrected chi connectivity index (χ2v) is 7.44. The van der Waals surface area contributed by atoms with Crippen LogP contribution in [0.1, 0.15) is 36.2 Å². The fourth-order valence-electron chi connectivity index (χ4n) is 3.00. The number of rotatable bonds is 5. The third kappa shape index (κ3) is 7.02. The molecule has 1 aromatic rings. The van der Waals surface area contributed by atoms with Gasteiger partial charge in [0.05, 0.1) is 6.54 Å². The van der Waals surface area contributed by atoms with Gasteiger partial charge >= 0.3 is 6.03 Å². The lowest BCUT2D eigenvalue weighted by Crippen LogP contribution is -2.46. The quantitative estimate of drug-likeness (QED) is 0.821. The third-order valence-electron chi connectivity index (χ3n) is 4.43. The fourth-order valence-corrected chi connectivity index (χ4v) is 3.00. The van der Waals surface area contributed by atoms with Crippen LogP contribution in [0.2, 0.25) is 0 Å². The van der Waals surface area contributed by atoms with Gasteiger partial charge in [-0.15, -0.1) is 0 Å². The highest BCUT2D eigenvalue weighted by Gasteiger charge is 2.22. The van der Waals surface area contributed by atoms with Gasteiger partial charge < -0.3 is 10.2 Å². The van der Waals surface area contributed by atoms with Gasteiger partial charge in [0.25, 0.3) is 5.91 Å². The average molecular weight is 374 g/mol. The van der Waals surface area contributed by atoms with Crippen molar-refractivity contribution in [3.05, 3.63) is 35.4 Å². The summed E-state index contributed by atoms with van der Waals surface area (Å²) >= 11 is 0. The molecule has 2 rings (SSSR count). The maximum Gasteiger partial charge on any atom is 0.321 e. The average Bonchev–Trinajstić information content (AvgIpc) is 2.84. The van der Waals surface area contributed by atoms with Crippen molar-refractivity contribution in [3.8, 4) is 0 Å². The van der Waals surface area contributed by atoms with E-state index in [2.05, 4.69) is 10.6 Å². The molecule has 1 saturated heterocycles. The lowest BCUT2D eigenvalue weighted by atomic mass is 10.1. The van der Waals surface area contributed by atoms with Crippen molar-refractivity contribution in [2.75, 3.05) is 39.3 Å². The van der Waals surface area contributed by atoms with Gasteiger partial charge in [-0.25, -0.2) is 4.79 Å². The number of amides is 4. The highest BCUT2D eigenvalue weighted by atomic mass is 16.2. The summed E-state index contributed by atoms with van der Waals surface area (Å²) in [6.07, 6.45) is 0.796. The van der Waals surface area contributed by atoms with Gasteiger partial charge in [0.1, 0.15) is 0 Å². The summed E-state index contributed by atoms with van der Waals surface area (Å²) in [6.45, 7) is 9.19. The standard InChI is InChI=1S/C20H30N4O3/c1-15(2)13-21-20(27)22-18(25)14-23-8-5-9-24(11-10-23)19(26)17-7-4-6-16(3)12-17/h4,6-7,12,15H,5,8-11,13-14H2,1-3H3,(H2,21,22,25,27). The second-order valence-electron chi connectivity index (χ2n) is 7.44. The highest BCUT2D eigenvalue weighted by molar-refractivity contribution is 5.95. The van der Waals surface area contributed by atoms with Gasteiger partial charge in [-0.1, -0.05) is 31.5 Å². The first-order valence-electron chi connectivity index (χ1n) is 9.51. The maximum absolute atomic E-state index is 12.7. The predicted molar refractivity (Wildman–Crippen MR) is 105 cm³/mol. The Bertz CT molecular complexity index is 675. The number of carbonyl (C=O) groups is 3. The van der Waals surface area contributed by atoms with Gasteiger partial charge in [0.2, 0.25) is 5.91 Å². The zero-order chi connectivity index (χ0) is 19.8. The zero-order valence-corrected chi connectivity index (χ0v) is 16.5. The Morgan fingerprint density at radius 1 is 1.11 bits per heavy atom. The maximum atomic E-state index is 12.7. The van der Waals surface area contributed by atoms with Gasteiger partial charge in [0.15, 0.2) is 0 Å². The molecular formula is C20H30N4O3. The van der Waals surface area contributed by atoms with Crippen LogP contribution < -0.4 is 10.6 Å². The van der Waals surface area contributed by atoms with Crippen molar-refractivity contribution >= 4 is 17.8 Å². The molecule has 0 saturated carbocycles. The molecule has 1 aliphatic heterocycles. The molecule has 0 bridgehead atoms. The van der Waals surface area contributed by atoms with Crippen LogP contribution >= 0.6 is 0 Å². The molecule has 0 aliphatic carbocycles. The molecule has 1 aliphatic rings. The van der Waals surface area contributed by atoms with Crippen molar-refractivity contribution in [2.45, 2.75) is 27.2 Å². The van der Waals surface area contributed by atoms with E-state index in [1.165, 1.54) is 0 Å². The number of urea groups is 1. The number of nitrogens with zero attached hydrogens (tertiary/aromatic N) is 2.